The van der Waals surface area contributed by atoms with Gasteiger partial charge in [-0.15, -0.1) is 0 Å². The van der Waals surface area contributed by atoms with Crippen molar-refractivity contribution in [2.75, 3.05) is 26.2 Å². The highest BCUT2D eigenvalue weighted by Gasteiger charge is 2.21. The molecule has 5 nitrogen and oxygen atoms in total. The van der Waals surface area contributed by atoms with Crippen molar-refractivity contribution in [1.82, 2.24) is 15.6 Å². The van der Waals surface area contributed by atoms with E-state index in [1.165, 1.54) is 6.20 Å². The second kappa shape index (κ2) is 6.56. The smallest absolute Gasteiger partial charge is 0.224 e. The van der Waals surface area contributed by atoms with Gasteiger partial charge in [0, 0.05) is 18.8 Å². The quantitative estimate of drug-likeness (QED) is 0.778. The summed E-state index contributed by atoms with van der Waals surface area (Å²) in [5.74, 6) is 0.697. The van der Waals surface area contributed by atoms with Gasteiger partial charge in [0.25, 0.3) is 0 Å². The lowest BCUT2D eigenvalue weighted by atomic mass is 10.1. The van der Waals surface area contributed by atoms with Gasteiger partial charge in [0.2, 0.25) is 11.8 Å². The van der Waals surface area contributed by atoms with E-state index in [2.05, 4.69) is 15.6 Å². The molecule has 0 spiro atoms. The maximum atomic E-state index is 11.7. The molecular weight excluding hydrogens is 254 g/mol. The topological polar surface area (TPSA) is 63.2 Å². The molecule has 1 aliphatic heterocycles. The molecule has 98 valence electrons. The molecular formula is C12H16ClN3O2. The van der Waals surface area contributed by atoms with Gasteiger partial charge in [-0.25, -0.2) is 4.98 Å². The van der Waals surface area contributed by atoms with Crippen molar-refractivity contribution in [2.45, 2.75) is 6.42 Å². The van der Waals surface area contributed by atoms with E-state index in [0.29, 0.717) is 24.1 Å². The highest BCUT2D eigenvalue weighted by atomic mass is 35.5. The minimum absolute atomic E-state index is 0.0904. The fourth-order valence-electron chi connectivity index (χ4n) is 1.80. The molecule has 2 heterocycles. The lowest BCUT2D eigenvalue weighted by Gasteiger charge is -2.10. The van der Waals surface area contributed by atoms with Crippen LogP contribution in [0.3, 0.4) is 0 Å². The van der Waals surface area contributed by atoms with Crippen molar-refractivity contribution in [2.24, 2.45) is 5.92 Å². The molecule has 0 saturated carbocycles. The van der Waals surface area contributed by atoms with E-state index in [9.17, 15) is 4.79 Å². The molecule has 1 saturated heterocycles. The van der Waals surface area contributed by atoms with Gasteiger partial charge in [0.05, 0.1) is 17.5 Å². The summed E-state index contributed by atoms with van der Waals surface area (Å²) in [6, 6.07) is 3.41. The lowest BCUT2D eigenvalue weighted by molar-refractivity contribution is -0.124. The Balaban J connectivity index is 1.63. The van der Waals surface area contributed by atoms with E-state index in [0.717, 1.165) is 19.5 Å². The third kappa shape index (κ3) is 3.85. The fraction of sp³-hybridized carbons (Fsp3) is 0.500. The molecule has 1 unspecified atom stereocenters. The molecule has 1 fully saturated rings. The summed E-state index contributed by atoms with van der Waals surface area (Å²) in [5.41, 5.74) is 0. The van der Waals surface area contributed by atoms with Gasteiger partial charge in [-0.05, 0) is 19.0 Å². The van der Waals surface area contributed by atoms with Crippen LogP contribution in [0.4, 0.5) is 0 Å². The summed E-state index contributed by atoms with van der Waals surface area (Å²) in [7, 11) is 0. The van der Waals surface area contributed by atoms with Crippen molar-refractivity contribution in [1.29, 1.82) is 0 Å². The Labute approximate surface area is 111 Å². The molecule has 1 atom stereocenters. The van der Waals surface area contributed by atoms with Gasteiger partial charge in [0.1, 0.15) is 6.61 Å². The predicted octanol–water partition coefficient (Wildman–Crippen LogP) is 0.839. The fourth-order valence-corrected chi connectivity index (χ4v) is 1.91. The van der Waals surface area contributed by atoms with Crippen LogP contribution in [0.5, 0.6) is 5.88 Å². The number of carbonyl (C=O) groups excluding carboxylic acids is 1. The number of hydrogen-bond donors (Lipinski definition) is 2. The van der Waals surface area contributed by atoms with Crippen LogP contribution in [0.2, 0.25) is 5.02 Å². The average Bonchev–Trinajstić information content (AvgIpc) is 2.90. The molecule has 6 heteroatoms. The predicted molar refractivity (Wildman–Crippen MR) is 68.7 cm³/mol. The van der Waals surface area contributed by atoms with E-state index in [4.69, 9.17) is 16.3 Å². The number of aromatic nitrogens is 1. The molecule has 2 N–H and O–H groups in total. The van der Waals surface area contributed by atoms with Crippen LogP contribution in [0.25, 0.3) is 0 Å². The van der Waals surface area contributed by atoms with Gasteiger partial charge in [-0.2, -0.15) is 0 Å². The number of halogens is 1. The molecule has 1 aromatic heterocycles. The van der Waals surface area contributed by atoms with E-state index < -0.39 is 0 Å². The molecule has 1 amide bonds. The number of rotatable bonds is 5. The Hall–Kier alpha value is -1.33. The minimum Gasteiger partial charge on any atom is -0.476 e. The molecule has 0 bridgehead atoms. The Morgan fingerprint density at radius 1 is 1.61 bits per heavy atom. The summed E-state index contributed by atoms with van der Waals surface area (Å²) < 4.78 is 5.37. The van der Waals surface area contributed by atoms with E-state index in [1.807, 2.05) is 0 Å². The summed E-state index contributed by atoms with van der Waals surface area (Å²) in [6.07, 6.45) is 2.44. The Morgan fingerprint density at radius 3 is 3.17 bits per heavy atom. The van der Waals surface area contributed by atoms with Crippen LogP contribution < -0.4 is 15.4 Å². The van der Waals surface area contributed by atoms with Crippen molar-refractivity contribution < 1.29 is 9.53 Å². The van der Waals surface area contributed by atoms with E-state index in [1.54, 1.807) is 12.1 Å². The van der Waals surface area contributed by atoms with Crippen LogP contribution in [-0.2, 0) is 4.79 Å². The SMILES string of the molecule is O=C(NCCOc1ccc(Cl)cn1)C1CCNC1. The maximum absolute atomic E-state index is 11.7. The van der Waals surface area contributed by atoms with Crippen LogP contribution in [-0.4, -0.2) is 37.1 Å². The van der Waals surface area contributed by atoms with Gasteiger partial charge < -0.3 is 15.4 Å². The summed E-state index contributed by atoms with van der Waals surface area (Å²) in [4.78, 5) is 15.7. The molecule has 2 rings (SSSR count). The standard InChI is InChI=1S/C12H16ClN3O2/c13-10-1-2-11(16-8-10)18-6-5-15-12(17)9-3-4-14-7-9/h1-2,8-9,14H,3-7H2,(H,15,17). The number of amides is 1. The minimum atomic E-state index is 0.0904. The van der Waals surface area contributed by atoms with Crippen molar-refractivity contribution in [3.63, 3.8) is 0 Å². The summed E-state index contributed by atoms with van der Waals surface area (Å²) >= 11 is 5.71. The number of nitrogens with one attached hydrogen (secondary N) is 2. The van der Waals surface area contributed by atoms with Gasteiger partial charge in [-0.1, -0.05) is 11.6 Å². The number of ether oxygens (including phenoxy) is 1. The molecule has 0 radical (unpaired) electrons. The molecule has 0 aliphatic carbocycles. The highest BCUT2D eigenvalue weighted by molar-refractivity contribution is 6.30. The molecule has 1 aliphatic rings. The maximum Gasteiger partial charge on any atom is 0.224 e. The zero-order valence-electron chi connectivity index (χ0n) is 9.99. The van der Waals surface area contributed by atoms with Crippen molar-refractivity contribution in [3.8, 4) is 5.88 Å². The number of hydrogen-bond acceptors (Lipinski definition) is 4. The van der Waals surface area contributed by atoms with Crippen LogP contribution >= 0.6 is 11.6 Å². The molecule has 18 heavy (non-hydrogen) atoms. The van der Waals surface area contributed by atoms with E-state index in [-0.39, 0.29) is 11.8 Å². The van der Waals surface area contributed by atoms with Gasteiger partial charge in [0.15, 0.2) is 0 Å². The second-order valence-corrected chi connectivity index (χ2v) is 4.58. The van der Waals surface area contributed by atoms with Crippen LogP contribution in [0.15, 0.2) is 18.3 Å². The Morgan fingerprint density at radius 2 is 2.50 bits per heavy atom. The average molecular weight is 270 g/mol. The van der Waals surface area contributed by atoms with Gasteiger partial charge in [-0.3, -0.25) is 4.79 Å². The first-order valence-corrected chi connectivity index (χ1v) is 6.36. The summed E-state index contributed by atoms with van der Waals surface area (Å²) in [6.45, 7) is 2.58. The Bertz CT molecular complexity index is 391. The lowest BCUT2D eigenvalue weighted by Crippen LogP contribution is -2.34. The third-order valence-corrected chi connectivity index (χ3v) is 3.01. The third-order valence-electron chi connectivity index (χ3n) is 2.78. The molecule has 0 aromatic carbocycles. The monoisotopic (exact) mass is 269 g/mol. The zero-order chi connectivity index (χ0) is 12.8. The van der Waals surface area contributed by atoms with E-state index >= 15 is 0 Å². The first-order chi connectivity index (χ1) is 8.75. The van der Waals surface area contributed by atoms with Crippen molar-refractivity contribution in [3.05, 3.63) is 23.4 Å². The number of pyridine rings is 1. The highest BCUT2D eigenvalue weighted by Crippen LogP contribution is 2.11. The first-order valence-electron chi connectivity index (χ1n) is 5.98. The first kappa shape index (κ1) is 13.1. The summed E-state index contributed by atoms with van der Waals surface area (Å²) in [5, 5.41) is 6.58. The largest absolute Gasteiger partial charge is 0.476 e. The zero-order valence-corrected chi connectivity index (χ0v) is 10.7. The van der Waals surface area contributed by atoms with Crippen LogP contribution in [0.1, 0.15) is 6.42 Å². The Kier molecular flexibility index (Phi) is 4.78. The van der Waals surface area contributed by atoms with Gasteiger partial charge >= 0.3 is 0 Å². The number of nitrogens with zero attached hydrogens (tertiary/aromatic N) is 1. The number of carbonyl (C=O) groups is 1. The molecule has 1 aromatic rings. The van der Waals surface area contributed by atoms with Crippen LogP contribution in [0, 0.1) is 5.92 Å². The second-order valence-electron chi connectivity index (χ2n) is 4.14. The van der Waals surface area contributed by atoms with Crippen molar-refractivity contribution >= 4 is 17.5 Å². The normalized spacial score (nSPS) is 18.6.